The van der Waals surface area contributed by atoms with E-state index in [2.05, 4.69) is 10.6 Å². The van der Waals surface area contributed by atoms with Crippen LogP contribution in [0.25, 0.3) is 0 Å². The lowest BCUT2D eigenvalue weighted by Gasteiger charge is -2.29. The second-order valence-corrected chi connectivity index (χ2v) is 7.66. The van der Waals surface area contributed by atoms with Crippen molar-refractivity contribution >= 4 is 22.8 Å². The van der Waals surface area contributed by atoms with E-state index in [0.29, 0.717) is 24.5 Å². The summed E-state index contributed by atoms with van der Waals surface area (Å²) in [5.41, 5.74) is 0. The maximum absolute atomic E-state index is 11.9. The number of hydrogen-bond acceptors (Lipinski definition) is 3. The smallest absolute Gasteiger partial charge is 0.315 e. The number of amides is 2. The van der Waals surface area contributed by atoms with Gasteiger partial charge in [-0.15, -0.1) is 0 Å². The Morgan fingerprint density at radius 1 is 1.10 bits per heavy atom. The van der Waals surface area contributed by atoms with Gasteiger partial charge in [0.05, 0.1) is 5.92 Å². The van der Waals surface area contributed by atoms with Gasteiger partial charge in [-0.05, 0) is 31.6 Å². The average Bonchev–Trinajstić information content (AvgIpc) is 2.48. The van der Waals surface area contributed by atoms with Crippen LogP contribution in [0, 0.1) is 11.8 Å². The van der Waals surface area contributed by atoms with E-state index in [-0.39, 0.29) is 23.9 Å². The van der Waals surface area contributed by atoms with Crippen LogP contribution in [-0.4, -0.2) is 45.4 Å². The Morgan fingerprint density at radius 2 is 1.76 bits per heavy atom. The van der Waals surface area contributed by atoms with Gasteiger partial charge >= 0.3 is 12.0 Å². The van der Waals surface area contributed by atoms with E-state index in [1.54, 1.807) is 0 Å². The van der Waals surface area contributed by atoms with Crippen LogP contribution < -0.4 is 10.6 Å². The van der Waals surface area contributed by atoms with E-state index < -0.39 is 16.8 Å². The van der Waals surface area contributed by atoms with Gasteiger partial charge in [-0.1, -0.05) is 12.8 Å². The number of nitrogens with one attached hydrogen (secondary N) is 2. The van der Waals surface area contributed by atoms with E-state index in [4.69, 9.17) is 0 Å². The molecule has 0 aromatic rings. The predicted octanol–water partition coefficient (Wildman–Crippen LogP) is 1.09. The van der Waals surface area contributed by atoms with Crippen molar-refractivity contribution in [3.05, 3.63) is 0 Å². The zero-order valence-electron chi connectivity index (χ0n) is 12.2. The Balaban J connectivity index is 1.72. The fourth-order valence-electron chi connectivity index (χ4n) is 3.18. The van der Waals surface area contributed by atoms with Crippen LogP contribution >= 0.6 is 0 Å². The van der Waals surface area contributed by atoms with Crippen molar-refractivity contribution in [1.82, 2.24) is 10.6 Å². The fourth-order valence-corrected chi connectivity index (χ4v) is 4.47. The molecule has 7 heteroatoms. The summed E-state index contributed by atoms with van der Waals surface area (Å²) in [6, 6.07) is -0.147. The molecule has 2 aliphatic rings. The van der Waals surface area contributed by atoms with Crippen LogP contribution in [0.4, 0.5) is 4.79 Å². The Bertz CT molecular complexity index is 406. The van der Waals surface area contributed by atoms with Crippen LogP contribution in [0.2, 0.25) is 0 Å². The van der Waals surface area contributed by atoms with Crippen molar-refractivity contribution in [1.29, 1.82) is 0 Å². The maximum Gasteiger partial charge on any atom is 0.315 e. The first-order valence-corrected chi connectivity index (χ1v) is 9.17. The lowest BCUT2D eigenvalue weighted by molar-refractivity contribution is -0.144. The fraction of sp³-hybridized carbons (Fsp3) is 0.857. The minimum atomic E-state index is -0.753. The van der Waals surface area contributed by atoms with Gasteiger partial charge in [-0.25, -0.2) is 4.79 Å². The zero-order valence-corrected chi connectivity index (χ0v) is 13.0. The zero-order chi connectivity index (χ0) is 15.2. The van der Waals surface area contributed by atoms with E-state index in [0.717, 1.165) is 32.1 Å². The van der Waals surface area contributed by atoms with Gasteiger partial charge in [-0.3, -0.25) is 9.00 Å². The van der Waals surface area contributed by atoms with Gasteiger partial charge in [0.1, 0.15) is 0 Å². The first-order chi connectivity index (χ1) is 10.1. The Hall–Kier alpha value is -1.11. The Morgan fingerprint density at radius 3 is 2.43 bits per heavy atom. The summed E-state index contributed by atoms with van der Waals surface area (Å²) >= 11 is 0. The van der Waals surface area contributed by atoms with Gasteiger partial charge < -0.3 is 15.7 Å². The molecule has 1 aliphatic carbocycles. The number of hydrogen-bond donors (Lipinski definition) is 3. The highest BCUT2D eigenvalue weighted by atomic mass is 32.2. The van der Waals surface area contributed by atoms with Crippen molar-refractivity contribution in [3.8, 4) is 0 Å². The molecule has 21 heavy (non-hydrogen) atoms. The quantitative estimate of drug-likeness (QED) is 0.723. The number of carboxylic acid groups (broad SMARTS) is 1. The molecule has 1 saturated heterocycles. The molecule has 2 amide bonds. The van der Waals surface area contributed by atoms with Crippen LogP contribution in [-0.2, 0) is 15.6 Å². The summed E-state index contributed by atoms with van der Waals surface area (Å²) < 4.78 is 11.3. The number of aliphatic carboxylic acids is 1. The summed E-state index contributed by atoms with van der Waals surface area (Å²) in [4.78, 5) is 23.1. The monoisotopic (exact) mass is 316 g/mol. The van der Waals surface area contributed by atoms with Gasteiger partial charge in [0.25, 0.3) is 0 Å². The number of carboxylic acids is 1. The molecule has 2 atom stereocenters. The molecule has 0 aromatic heterocycles. The topological polar surface area (TPSA) is 95.5 Å². The largest absolute Gasteiger partial charge is 0.481 e. The van der Waals surface area contributed by atoms with Gasteiger partial charge in [-0.2, -0.15) is 0 Å². The van der Waals surface area contributed by atoms with E-state index in [9.17, 15) is 18.9 Å². The summed E-state index contributed by atoms with van der Waals surface area (Å²) in [6.45, 7) is 0.418. The van der Waals surface area contributed by atoms with Crippen molar-refractivity contribution in [3.63, 3.8) is 0 Å². The Kier molecular flexibility index (Phi) is 6.02. The van der Waals surface area contributed by atoms with Crippen molar-refractivity contribution in [2.24, 2.45) is 11.8 Å². The third-order valence-electron chi connectivity index (χ3n) is 4.47. The van der Waals surface area contributed by atoms with Gasteiger partial charge in [0, 0.05) is 34.9 Å². The van der Waals surface area contributed by atoms with Crippen molar-refractivity contribution in [2.45, 2.75) is 44.6 Å². The minimum absolute atomic E-state index is 0.0286. The molecule has 2 rings (SSSR count). The summed E-state index contributed by atoms with van der Waals surface area (Å²) in [6.07, 6.45) is 5.06. The maximum atomic E-state index is 11.9. The first-order valence-electron chi connectivity index (χ1n) is 7.68. The molecular formula is C14H24N2O4S. The number of carbonyl (C=O) groups is 2. The molecule has 2 fully saturated rings. The first kappa shape index (κ1) is 16.3. The molecule has 0 spiro atoms. The third-order valence-corrected chi connectivity index (χ3v) is 5.86. The molecule has 1 saturated carbocycles. The van der Waals surface area contributed by atoms with Crippen LogP contribution in [0.1, 0.15) is 38.5 Å². The number of carbonyl (C=O) groups excluding carboxylic acids is 1. The second kappa shape index (κ2) is 7.77. The lowest BCUT2D eigenvalue weighted by Crippen LogP contribution is -2.47. The summed E-state index contributed by atoms with van der Waals surface area (Å²) in [5, 5.41) is 14.9. The van der Waals surface area contributed by atoms with E-state index in [1.165, 1.54) is 0 Å². The highest BCUT2D eigenvalue weighted by molar-refractivity contribution is 7.85. The SMILES string of the molecule is O=C(NCC1CCCCC1C(=O)O)NC1CCS(=O)CC1. The van der Waals surface area contributed by atoms with E-state index in [1.807, 2.05) is 0 Å². The molecular weight excluding hydrogens is 292 g/mol. The second-order valence-electron chi connectivity index (χ2n) is 5.97. The highest BCUT2D eigenvalue weighted by Crippen LogP contribution is 2.29. The van der Waals surface area contributed by atoms with E-state index >= 15 is 0 Å². The summed E-state index contributed by atoms with van der Waals surface area (Å²) in [7, 11) is -0.730. The normalized spacial score (nSPS) is 33.1. The van der Waals surface area contributed by atoms with Crippen LogP contribution in [0.5, 0.6) is 0 Å². The molecule has 0 radical (unpaired) electrons. The predicted molar refractivity (Wildman–Crippen MR) is 80.5 cm³/mol. The number of rotatable bonds is 4. The summed E-state index contributed by atoms with van der Waals surface area (Å²) in [5.74, 6) is 0.234. The molecule has 1 aliphatic heterocycles. The minimum Gasteiger partial charge on any atom is -0.481 e. The highest BCUT2D eigenvalue weighted by Gasteiger charge is 2.31. The molecule has 1 heterocycles. The lowest BCUT2D eigenvalue weighted by atomic mass is 9.79. The molecule has 0 bridgehead atoms. The molecule has 3 N–H and O–H groups in total. The van der Waals surface area contributed by atoms with Crippen LogP contribution in [0.3, 0.4) is 0 Å². The third kappa shape index (κ3) is 4.98. The molecule has 6 nitrogen and oxygen atoms in total. The Labute approximate surface area is 127 Å². The van der Waals surface area contributed by atoms with Crippen molar-refractivity contribution in [2.75, 3.05) is 18.1 Å². The van der Waals surface area contributed by atoms with Crippen molar-refractivity contribution < 1.29 is 18.9 Å². The molecule has 0 aromatic carbocycles. The van der Waals surface area contributed by atoms with Crippen LogP contribution in [0.15, 0.2) is 0 Å². The molecule has 2 unspecified atom stereocenters. The molecule has 120 valence electrons. The standard InChI is InChI=1S/C14H24N2O4S/c17-13(18)12-4-2-1-3-10(12)9-15-14(19)16-11-5-7-21(20)8-6-11/h10-12H,1-9H2,(H,17,18)(H2,15,16,19). The number of urea groups is 1. The van der Waals surface area contributed by atoms with Gasteiger partial charge in [0.15, 0.2) is 0 Å². The van der Waals surface area contributed by atoms with Gasteiger partial charge in [0.2, 0.25) is 0 Å². The average molecular weight is 316 g/mol.